The van der Waals surface area contributed by atoms with Crippen LogP contribution in [0.3, 0.4) is 0 Å². The molecule has 1 rings (SSSR count). The summed E-state index contributed by atoms with van der Waals surface area (Å²) < 4.78 is 18.9. The normalized spacial score (nSPS) is 10.5. The third-order valence-corrected chi connectivity index (χ3v) is 2.61. The summed E-state index contributed by atoms with van der Waals surface area (Å²) in [5.41, 5.74) is 0.383. The number of hydrogen-bond acceptors (Lipinski definition) is 3. The standard InChI is InChI=1S/C12H15BrFNO2/c1-7(2)6-15-11-9(12(16)17-3)4-8(13)5-10(11)14/h4-5,7,15H,6H2,1-3H3. The van der Waals surface area contributed by atoms with Crippen molar-refractivity contribution in [2.75, 3.05) is 19.0 Å². The summed E-state index contributed by atoms with van der Waals surface area (Å²) in [6.07, 6.45) is 0. The Balaban J connectivity index is 3.11. The van der Waals surface area contributed by atoms with Gasteiger partial charge in [0.1, 0.15) is 5.82 Å². The van der Waals surface area contributed by atoms with E-state index in [9.17, 15) is 9.18 Å². The Morgan fingerprint density at radius 2 is 2.18 bits per heavy atom. The highest BCUT2D eigenvalue weighted by atomic mass is 79.9. The van der Waals surface area contributed by atoms with Gasteiger partial charge in [0.15, 0.2) is 0 Å². The van der Waals surface area contributed by atoms with E-state index in [1.54, 1.807) is 0 Å². The molecule has 3 nitrogen and oxygen atoms in total. The second kappa shape index (κ2) is 6.00. The van der Waals surface area contributed by atoms with Crippen molar-refractivity contribution in [3.8, 4) is 0 Å². The van der Waals surface area contributed by atoms with E-state index < -0.39 is 11.8 Å². The summed E-state index contributed by atoms with van der Waals surface area (Å²) in [6.45, 7) is 4.59. The van der Waals surface area contributed by atoms with Gasteiger partial charge in [-0.3, -0.25) is 0 Å². The molecule has 94 valence electrons. The first-order chi connectivity index (χ1) is 7.95. The van der Waals surface area contributed by atoms with Crippen LogP contribution >= 0.6 is 15.9 Å². The second-order valence-corrected chi connectivity index (χ2v) is 4.99. The molecule has 0 aliphatic carbocycles. The molecular formula is C12H15BrFNO2. The summed E-state index contributed by atoms with van der Waals surface area (Å²) in [4.78, 5) is 11.5. The lowest BCUT2D eigenvalue weighted by atomic mass is 10.1. The number of esters is 1. The average Bonchev–Trinajstić information content (AvgIpc) is 2.25. The predicted molar refractivity (Wildman–Crippen MR) is 68.8 cm³/mol. The third kappa shape index (κ3) is 3.70. The number of hydrogen-bond donors (Lipinski definition) is 1. The van der Waals surface area contributed by atoms with E-state index in [0.29, 0.717) is 16.9 Å². The fraction of sp³-hybridized carbons (Fsp3) is 0.417. The van der Waals surface area contributed by atoms with Gasteiger partial charge in [0.05, 0.1) is 18.4 Å². The number of carbonyl (C=O) groups excluding carboxylic acids is 1. The van der Waals surface area contributed by atoms with Crippen LogP contribution in [-0.2, 0) is 4.74 Å². The molecule has 0 fully saturated rings. The molecule has 1 N–H and O–H groups in total. The average molecular weight is 304 g/mol. The molecule has 5 heteroatoms. The summed E-state index contributed by atoms with van der Waals surface area (Å²) in [5, 5.41) is 2.93. The van der Waals surface area contributed by atoms with Gasteiger partial charge in [-0.15, -0.1) is 0 Å². The smallest absolute Gasteiger partial charge is 0.340 e. The van der Waals surface area contributed by atoms with Gasteiger partial charge in [-0.25, -0.2) is 9.18 Å². The Morgan fingerprint density at radius 1 is 1.53 bits per heavy atom. The number of benzene rings is 1. The van der Waals surface area contributed by atoms with E-state index in [0.717, 1.165) is 0 Å². The zero-order chi connectivity index (χ0) is 13.0. The topological polar surface area (TPSA) is 38.3 Å². The van der Waals surface area contributed by atoms with Crippen LogP contribution < -0.4 is 5.32 Å². The molecule has 0 saturated heterocycles. The van der Waals surface area contributed by atoms with Gasteiger partial charge in [0.25, 0.3) is 0 Å². The summed E-state index contributed by atoms with van der Waals surface area (Å²) in [5.74, 6) is -0.680. The highest BCUT2D eigenvalue weighted by molar-refractivity contribution is 9.10. The first kappa shape index (κ1) is 14.0. The first-order valence-electron chi connectivity index (χ1n) is 5.27. The fourth-order valence-electron chi connectivity index (χ4n) is 1.33. The highest BCUT2D eigenvalue weighted by Gasteiger charge is 2.17. The Morgan fingerprint density at radius 3 is 2.71 bits per heavy atom. The van der Waals surface area contributed by atoms with Crippen LogP contribution in [-0.4, -0.2) is 19.6 Å². The lowest BCUT2D eigenvalue weighted by molar-refractivity contribution is 0.0601. The maximum absolute atomic E-state index is 13.8. The van der Waals surface area contributed by atoms with Crippen molar-refractivity contribution < 1.29 is 13.9 Å². The van der Waals surface area contributed by atoms with E-state index in [2.05, 4.69) is 26.0 Å². The summed E-state index contributed by atoms with van der Waals surface area (Å²) in [6, 6.07) is 2.85. The molecule has 17 heavy (non-hydrogen) atoms. The van der Waals surface area contributed by atoms with Crippen LogP contribution in [0.1, 0.15) is 24.2 Å². The van der Waals surface area contributed by atoms with Crippen molar-refractivity contribution in [2.24, 2.45) is 5.92 Å². The van der Waals surface area contributed by atoms with Gasteiger partial charge in [-0.05, 0) is 18.1 Å². The summed E-state index contributed by atoms with van der Waals surface area (Å²) >= 11 is 3.15. The third-order valence-electron chi connectivity index (χ3n) is 2.15. The second-order valence-electron chi connectivity index (χ2n) is 4.08. The van der Waals surface area contributed by atoms with E-state index >= 15 is 0 Å². The van der Waals surface area contributed by atoms with Crippen LogP contribution in [0.15, 0.2) is 16.6 Å². The van der Waals surface area contributed by atoms with Crippen LogP contribution in [0.2, 0.25) is 0 Å². The molecule has 1 aromatic rings. The molecular weight excluding hydrogens is 289 g/mol. The Labute approximate surface area is 108 Å². The highest BCUT2D eigenvalue weighted by Crippen LogP contribution is 2.26. The maximum Gasteiger partial charge on any atom is 0.340 e. The van der Waals surface area contributed by atoms with Crippen LogP contribution in [0, 0.1) is 11.7 Å². The molecule has 0 aliphatic heterocycles. The molecule has 0 radical (unpaired) electrons. The molecule has 0 amide bonds. The zero-order valence-corrected chi connectivity index (χ0v) is 11.6. The molecule has 0 aromatic heterocycles. The number of ether oxygens (including phenoxy) is 1. The lowest BCUT2D eigenvalue weighted by Gasteiger charge is -2.14. The van der Waals surface area contributed by atoms with Crippen LogP contribution in [0.4, 0.5) is 10.1 Å². The van der Waals surface area contributed by atoms with Crippen molar-refractivity contribution in [3.63, 3.8) is 0 Å². The van der Waals surface area contributed by atoms with Crippen molar-refractivity contribution in [3.05, 3.63) is 28.0 Å². The van der Waals surface area contributed by atoms with Crippen molar-refractivity contribution in [1.82, 2.24) is 0 Å². The van der Waals surface area contributed by atoms with Gasteiger partial charge >= 0.3 is 5.97 Å². The number of rotatable bonds is 4. The quantitative estimate of drug-likeness (QED) is 0.866. The van der Waals surface area contributed by atoms with E-state index in [1.165, 1.54) is 19.2 Å². The van der Waals surface area contributed by atoms with E-state index in [4.69, 9.17) is 0 Å². The number of methoxy groups -OCH3 is 1. The molecule has 0 unspecified atom stereocenters. The molecule has 0 heterocycles. The largest absolute Gasteiger partial charge is 0.465 e. The van der Waals surface area contributed by atoms with Crippen molar-refractivity contribution in [2.45, 2.75) is 13.8 Å². The minimum absolute atomic E-state index is 0.189. The summed E-state index contributed by atoms with van der Waals surface area (Å²) in [7, 11) is 1.27. The Hall–Kier alpha value is -1.10. The molecule has 0 spiro atoms. The van der Waals surface area contributed by atoms with Crippen molar-refractivity contribution >= 4 is 27.6 Å². The number of anilines is 1. The first-order valence-corrected chi connectivity index (χ1v) is 6.06. The van der Waals surface area contributed by atoms with E-state index in [-0.39, 0.29) is 11.3 Å². The molecule has 0 bridgehead atoms. The van der Waals surface area contributed by atoms with Gasteiger partial charge < -0.3 is 10.1 Å². The molecule has 0 saturated carbocycles. The van der Waals surface area contributed by atoms with Gasteiger partial charge in [-0.2, -0.15) is 0 Å². The van der Waals surface area contributed by atoms with E-state index in [1.807, 2.05) is 13.8 Å². The van der Waals surface area contributed by atoms with Gasteiger partial charge in [0, 0.05) is 11.0 Å². The Bertz CT molecular complexity index is 421. The lowest BCUT2D eigenvalue weighted by Crippen LogP contribution is -2.14. The van der Waals surface area contributed by atoms with Crippen LogP contribution in [0.25, 0.3) is 0 Å². The van der Waals surface area contributed by atoms with Gasteiger partial charge in [-0.1, -0.05) is 29.8 Å². The number of carbonyl (C=O) groups is 1. The predicted octanol–water partition coefficient (Wildman–Crippen LogP) is 3.44. The SMILES string of the molecule is COC(=O)c1cc(Br)cc(F)c1NCC(C)C. The zero-order valence-electron chi connectivity index (χ0n) is 10.0. The monoisotopic (exact) mass is 303 g/mol. The Kier molecular flexibility index (Phi) is 4.93. The maximum atomic E-state index is 13.8. The number of halogens is 2. The molecule has 1 aromatic carbocycles. The molecule has 0 aliphatic rings. The minimum atomic E-state index is -0.559. The number of nitrogens with one attached hydrogen (secondary N) is 1. The van der Waals surface area contributed by atoms with Crippen LogP contribution in [0.5, 0.6) is 0 Å². The van der Waals surface area contributed by atoms with Crippen molar-refractivity contribution in [1.29, 1.82) is 0 Å². The molecule has 0 atom stereocenters. The minimum Gasteiger partial charge on any atom is -0.465 e. The van der Waals surface area contributed by atoms with Gasteiger partial charge in [0.2, 0.25) is 0 Å². The fourth-order valence-corrected chi connectivity index (χ4v) is 1.76.